The molecule has 0 aliphatic rings. The van der Waals surface area contributed by atoms with Crippen molar-refractivity contribution in [2.45, 2.75) is 26.7 Å². The summed E-state index contributed by atoms with van der Waals surface area (Å²) >= 11 is 0. The fraction of sp³-hybridized carbons (Fsp3) is 0.300. The number of benzene rings is 2. The second kappa shape index (κ2) is 9.66. The van der Waals surface area contributed by atoms with Gasteiger partial charge in [-0.3, -0.25) is 9.59 Å². The van der Waals surface area contributed by atoms with Gasteiger partial charge in [-0.05, 0) is 48.2 Å². The van der Waals surface area contributed by atoms with Crippen LogP contribution in [0.1, 0.15) is 25.0 Å². The van der Waals surface area contributed by atoms with Crippen LogP contribution >= 0.6 is 0 Å². The molecule has 0 bridgehead atoms. The molecule has 0 radical (unpaired) electrons. The summed E-state index contributed by atoms with van der Waals surface area (Å²) in [5, 5.41) is 18.0. The van der Waals surface area contributed by atoms with Crippen LogP contribution in [0.2, 0.25) is 0 Å². The van der Waals surface area contributed by atoms with Crippen molar-refractivity contribution in [1.29, 1.82) is 0 Å². The summed E-state index contributed by atoms with van der Waals surface area (Å²) in [7, 11) is -0.00409. The molecule has 142 valence electrons. The SMILES string of the molecule is CC(Cc1cccc(OBOc2cccc(CC(C)C(=O)O)c2)c1)C(=O)O. The first kappa shape index (κ1) is 20.4. The van der Waals surface area contributed by atoms with Gasteiger partial charge in [-0.15, -0.1) is 0 Å². The summed E-state index contributed by atoms with van der Waals surface area (Å²) in [5.74, 6) is -1.40. The molecule has 2 rings (SSSR count). The highest BCUT2D eigenvalue weighted by Crippen LogP contribution is 2.19. The van der Waals surface area contributed by atoms with Crippen molar-refractivity contribution in [3.8, 4) is 11.5 Å². The molecule has 0 heterocycles. The molecular weight excluding hydrogens is 347 g/mol. The smallest absolute Gasteiger partial charge is 0.529 e. The molecule has 6 nitrogen and oxygen atoms in total. The molecular formula is C20H23BO6. The van der Waals surface area contributed by atoms with E-state index in [1.54, 1.807) is 38.1 Å². The van der Waals surface area contributed by atoms with E-state index in [1.807, 2.05) is 24.3 Å². The maximum atomic E-state index is 11.0. The normalized spacial score (nSPS) is 12.7. The molecule has 7 heteroatoms. The number of carbonyl (C=O) groups is 2. The molecule has 0 saturated heterocycles. The Morgan fingerprint density at radius 1 is 0.852 bits per heavy atom. The quantitative estimate of drug-likeness (QED) is 0.625. The Morgan fingerprint density at radius 2 is 1.26 bits per heavy atom. The van der Waals surface area contributed by atoms with Gasteiger partial charge in [-0.25, -0.2) is 0 Å². The maximum absolute atomic E-state index is 11.0. The average Bonchev–Trinajstić information content (AvgIpc) is 2.62. The van der Waals surface area contributed by atoms with Gasteiger partial charge in [0.05, 0.1) is 11.8 Å². The van der Waals surface area contributed by atoms with Crippen LogP contribution < -0.4 is 9.31 Å². The van der Waals surface area contributed by atoms with Crippen molar-refractivity contribution in [3.05, 3.63) is 59.7 Å². The van der Waals surface area contributed by atoms with E-state index in [-0.39, 0.29) is 7.69 Å². The molecule has 0 aromatic heterocycles. The van der Waals surface area contributed by atoms with Gasteiger partial charge in [0.1, 0.15) is 11.5 Å². The zero-order valence-electron chi connectivity index (χ0n) is 15.4. The third kappa shape index (κ3) is 6.69. The van der Waals surface area contributed by atoms with Crippen LogP contribution in [0.25, 0.3) is 0 Å². The zero-order valence-corrected chi connectivity index (χ0v) is 15.4. The van der Waals surface area contributed by atoms with Gasteiger partial charge in [0.2, 0.25) is 0 Å². The lowest BCUT2D eigenvalue weighted by Gasteiger charge is -2.11. The molecule has 2 atom stereocenters. The molecule has 0 spiro atoms. The first-order chi connectivity index (χ1) is 12.8. The van der Waals surface area contributed by atoms with Gasteiger partial charge in [-0.1, -0.05) is 38.1 Å². The fourth-order valence-corrected chi connectivity index (χ4v) is 2.57. The minimum atomic E-state index is -0.832. The molecule has 2 aromatic rings. The first-order valence-electron chi connectivity index (χ1n) is 8.74. The standard InChI is InChI=1S/C20H23BO6/c1-13(19(22)23)9-15-5-3-7-17(11-15)26-21-27-18-8-4-6-16(12-18)10-14(2)20(24)25/h3-8,11-14,21H,9-10H2,1-2H3,(H,22,23)(H,24,25). The van der Waals surface area contributed by atoms with E-state index in [4.69, 9.17) is 19.5 Å². The Hall–Kier alpha value is -2.96. The van der Waals surface area contributed by atoms with E-state index in [1.165, 1.54) is 0 Å². The van der Waals surface area contributed by atoms with Crippen molar-refractivity contribution in [1.82, 2.24) is 0 Å². The lowest BCUT2D eigenvalue weighted by Crippen LogP contribution is -2.14. The van der Waals surface area contributed by atoms with Gasteiger partial charge in [0.15, 0.2) is 0 Å². The average molecular weight is 370 g/mol. The number of aliphatic carboxylic acids is 2. The Balaban J connectivity index is 1.89. The molecule has 0 aliphatic heterocycles. The summed E-state index contributed by atoms with van der Waals surface area (Å²) in [6, 6.07) is 14.5. The van der Waals surface area contributed by atoms with Gasteiger partial charge in [0, 0.05) is 0 Å². The molecule has 2 unspecified atom stereocenters. The van der Waals surface area contributed by atoms with Crippen LogP contribution in [0.5, 0.6) is 11.5 Å². The molecule has 2 aromatic carbocycles. The van der Waals surface area contributed by atoms with Crippen molar-refractivity contribution in [2.24, 2.45) is 11.8 Å². The van der Waals surface area contributed by atoms with Crippen molar-refractivity contribution in [3.63, 3.8) is 0 Å². The van der Waals surface area contributed by atoms with E-state index in [0.29, 0.717) is 24.3 Å². The third-order valence-corrected chi connectivity index (χ3v) is 4.17. The maximum Gasteiger partial charge on any atom is 0.576 e. The summed E-state index contributed by atoms with van der Waals surface area (Å²) in [6.07, 6.45) is 0.856. The van der Waals surface area contributed by atoms with Crippen LogP contribution in [0.15, 0.2) is 48.5 Å². The van der Waals surface area contributed by atoms with Crippen LogP contribution in [-0.2, 0) is 22.4 Å². The van der Waals surface area contributed by atoms with E-state index >= 15 is 0 Å². The second-order valence-corrected chi connectivity index (χ2v) is 6.59. The summed E-state index contributed by atoms with van der Waals surface area (Å²) < 4.78 is 11.2. The predicted octanol–water partition coefficient (Wildman–Crippen LogP) is 2.94. The Kier molecular flexibility index (Phi) is 7.29. The highest BCUT2D eigenvalue weighted by Gasteiger charge is 2.13. The second-order valence-electron chi connectivity index (χ2n) is 6.59. The fourth-order valence-electron chi connectivity index (χ4n) is 2.57. The van der Waals surface area contributed by atoms with Crippen molar-refractivity contribution < 1.29 is 29.1 Å². The molecule has 0 aliphatic carbocycles. The number of carboxylic acid groups (broad SMARTS) is 2. The lowest BCUT2D eigenvalue weighted by molar-refractivity contribution is -0.142. The largest absolute Gasteiger partial charge is 0.576 e. The van der Waals surface area contributed by atoms with Gasteiger partial charge >= 0.3 is 19.6 Å². The van der Waals surface area contributed by atoms with Crippen LogP contribution in [0.4, 0.5) is 0 Å². The molecule has 0 amide bonds. The Labute approximate surface area is 159 Å². The van der Waals surface area contributed by atoms with Crippen LogP contribution in [0.3, 0.4) is 0 Å². The highest BCUT2D eigenvalue weighted by molar-refractivity contribution is 6.20. The Morgan fingerprint density at radius 3 is 1.63 bits per heavy atom. The minimum absolute atomic E-state index is 0.00409. The van der Waals surface area contributed by atoms with Crippen molar-refractivity contribution in [2.75, 3.05) is 0 Å². The van der Waals surface area contributed by atoms with Gasteiger partial charge in [0.25, 0.3) is 0 Å². The molecule has 2 N–H and O–H groups in total. The van der Waals surface area contributed by atoms with Crippen LogP contribution in [-0.4, -0.2) is 29.8 Å². The summed E-state index contributed by atoms with van der Waals surface area (Å²) in [4.78, 5) is 21.9. The molecule has 0 saturated carbocycles. The number of hydrogen-bond donors (Lipinski definition) is 2. The first-order valence-corrected chi connectivity index (χ1v) is 8.74. The van der Waals surface area contributed by atoms with E-state index < -0.39 is 23.8 Å². The molecule has 27 heavy (non-hydrogen) atoms. The van der Waals surface area contributed by atoms with Gasteiger partial charge < -0.3 is 19.5 Å². The van der Waals surface area contributed by atoms with E-state index in [2.05, 4.69) is 0 Å². The Bertz CT molecular complexity index is 726. The number of hydrogen-bond acceptors (Lipinski definition) is 4. The number of rotatable bonds is 10. The predicted molar refractivity (Wildman–Crippen MR) is 102 cm³/mol. The van der Waals surface area contributed by atoms with Crippen molar-refractivity contribution >= 4 is 19.6 Å². The van der Waals surface area contributed by atoms with Gasteiger partial charge in [-0.2, -0.15) is 0 Å². The zero-order chi connectivity index (χ0) is 19.8. The lowest BCUT2D eigenvalue weighted by atomic mass is 10.0. The minimum Gasteiger partial charge on any atom is -0.529 e. The van der Waals surface area contributed by atoms with E-state index in [0.717, 1.165) is 11.1 Å². The topological polar surface area (TPSA) is 93.1 Å². The molecule has 0 fully saturated rings. The highest BCUT2D eigenvalue weighted by atomic mass is 16.6. The van der Waals surface area contributed by atoms with Crippen LogP contribution in [0, 0.1) is 11.8 Å². The van der Waals surface area contributed by atoms with E-state index in [9.17, 15) is 9.59 Å². The monoisotopic (exact) mass is 370 g/mol. The number of carboxylic acids is 2. The summed E-state index contributed by atoms with van der Waals surface area (Å²) in [5.41, 5.74) is 1.76. The third-order valence-electron chi connectivity index (χ3n) is 4.17. The summed E-state index contributed by atoms with van der Waals surface area (Å²) in [6.45, 7) is 3.33.